The van der Waals surface area contributed by atoms with E-state index in [-0.39, 0.29) is 28.1 Å². The number of hydrogen-bond donors (Lipinski definition) is 1. The van der Waals surface area contributed by atoms with Crippen LogP contribution >= 0.6 is 11.3 Å². The first kappa shape index (κ1) is 16.6. The number of esters is 1. The van der Waals surface area contributed by atoms with Crippen molar-refractivity contribution in [2.24, 2.45) is 0 Å². The lowest BCUT2D eigenvalue weighted by Crippen LogP contribution is -2.24. The third-order valence-electron chi connectivity index (χ3n) is 2.25. The second-order valence-corrected chi connectivity index (χ2v) is 7.57. The summed E-state index contributed by atoms with van der Waals surface area (Å²) in [5.74, 6) is -1.07. The lowest BCUT2D eigenvalue weighted by Gasteiger charge is -2.10. The van der Waals surface area contributed by atoms with Gasteiger partial charge in [-0.3, -0.25) is 4.79 Å². The number of hydrogen-bond acceptors (Lipinski definition) is 8. The normalized spacial score (nSPS) is 12.8. The summed E-state index contributed by atoms with van der Waals surface area (Å²) in [6, 6.07) is -0.388. The number of rotatable bonds is 6. The number of thiazole rings is 1. The summed E-state index contributed by atoms with van der Waals surface area (Å²) in [5, 5.41) is 3.17. The van der Waals surface area contributed by atoms with Crippen molar-refractivity contribution in [3.05, 3.63) is 10.6 Å². The number of nitrogens with zero attached hydrogens (tertiary/aromatic N) is 1. The highest BCUT2D eigenvalue weighted by Gasteiger charge is 2.22. The predicted molar refractivity (Wildman–Crippen MR) is 76.3 cm³/mol. The van der Waals surface area contributed by atoms with Gasteiger partial charge >= 0.3 is 5.97 Å². The van der Waals surface area contributed by atoms with Crippen LogP contribution in [-0.2, 0) is 14.6 Å². The Balaban J connectivity index is 2.98. The maximum Gasteiger partial charge on any atom is 0.358 e. The molecule has 1 rings (SSSR count). The molecule has 0 saturated carbocycles. The minimum absolute atomic E-state index is 0.0564. The summed E-state index contributed by atoms with van der Waals surface area (Å²) in [6.45, 7) is 3.00. The Labute approximate surface area is 121 Å². The zero-order chi connectivity index (χ0) is 15.5. The minimum Gasteiger partial charge on any atom is -0.464 e. The minimum atomic E-state index is -3.13. The number of aromatic nitrogens is 1. The van der Waals surface area contributed by atoms with Crippen molar-refractivity contribution < 1.29 is 22.7 Å². The molecule has 0 amide bonds. The Kier molecular flexibility index (Phi) is 5.23. The van der Waals surface area contributed by atoms with Gasteiger partial charge in [0.15, 0.2) is 16.6 Å². The molecule has 0 radical (unpaired) electrons. The van der Waals surface area contributed by atoms with Crippen LogP contribution in [0.2, 0.25) is 0 Å². The van der Waals surface area contributed by atoms with E-state index in [9.17, 15) is 18.0 Å². The Morgan fingerprint density at radius 3 is 2.50 bits per heavy atom. The quantitative estimate of drug-likeness (QED) is 0.615. The van der Waals surface area contributed by atoms with Crippen molar-refractivity contribution in [2.75, 3.05) is 24.4 Å². The first-order valence-corrected chi connectivity index (χ1v) is 8.56. The van der Waals surface area contributed by atoms with E-state index < -0.39 is 15.8 Å². The smallest absolute Gasteiger partial charge is 0.358 e. The summed E-state index contributed by atoms with van der Waals surface area (Å²) < 4.78 is 26.9. The Morgan fingerprint density at radius 2 is 2.05 bits per heavy atom. The maximum absolute atomic E-state index is 11.5. The molecule has 0 bridgehead atoms. The molecule has 20 heavy (non-hydrogen) atoms. The summed E-state index contributed by atoms with van der Waals surface area (Å²) >= 11 is 0.998. The van der Waals surface area contributed by atoms with Crippen molar-refractivity contribution in [2.45, 2.75) is 19.9 Å². The number of carbonyl (C=O) groups excluding carboxylic acids is 2. The summed E-state index contributed by atoms with van der Waals surface area (Å²) in [5.41, 5.74) is -0.0564. The topological polar surface area (TPSA) is 102 Å². The number of ketones is 1. The van der Waals surface area contributed by atoms with Crippen LogP contribution in [0.5, 0.6) is 0 Å². The first-order chi connectivity index (χ1) is 9.14. The van der Waals surface area contributed by atoms with Gasteiger partial charge in [0.2, 0.25) is 0 Å². The second-order valence-electron chi connectivity index (χ2n) is 4.38. The van der Waals surface area contributed by atoms with Crippen LogP contribution in [0.1, 0.15) is 34.0 Å². The second kappa shape index (κ2) is 6.31. The van der Waals surface area contributed by atoms with Gasteiger partial charge in [0.25, 0.3) is 0 Å². The summed E-state index contributed by atoms with van der Waals surface area (Å²) in [7, 11) is -1.93. The molecule has 0 aromatic carbocycles. The third kappa shape index (κ3) is 4.57. The maximum atomic E-state index is 11.5. The molecule has 0 spiro atoms. The lowest BCUT2D eigenvalue weighted by atomic mass is 10.3. The fourth-order valence-corrected chi connectivity index (χ4v) is 3.51. The van der Waals surface area contributed by atoms with Crippen LogP contribution in [0, 0.1) is 0 Å². The molecule has 0 aliphatic heterocycles. The Bertz CT molecular complexity index is 621. The van der Waals surface area contributed by atoms with Crippen molar-refractivity contribution in [3.8, 4) is 0 Å². The van der Waals surface area contributed by atoms with Crippen LogP contribution in [0.4, 0.5) is 5.13 Å². The fourth-order valence-electron chi connectivity index (χ4n) is 1.56. The van der Waals surface area contributed by atoms with E-state index in [1.54, 1.807) is 6.92 Å². The molecule has 1 atom stereocenters. The number of anilines is 1. The number of methoxy groups -OCH3 is 1. The van der Waals surface area contributed by atoms with Gasteiger partial charge in [0, 0.05) is 19.2 Å². The van der Waals surface area contributed by atoms with Crippen molar-refractivity contribution in [1.29, 1.82) is 0 Å². The molecule has 112 valence electrons. The van der Waals surface area contributed by atoms with Crippen LogP contribution in [0.25, 0.3) is 0 Å². The summed E-state index contributed by atoms with van der Waals surface area (Å²) in [6.07, 6.45) is 1.13. The number of nitrogens with one attached hydrogen (secondary N) is 1. The van der Waals surface area contributed by atoms with Gasteiger partial charge in [-0.05, 0) is 6.92 Å². The molecule has 0 aliphatic rings. The fraction of sp³-hybridized carbons (Fsp3) is 0.545. The molecule has 0 saturated heterocycles. The molecule has 1 unspecified atom stereocenters. The van der Waals surface area contributed by atoms with E-state index in [1.807, 2.05) is 0 Å². The van der Waals surface area contributed by atoms with Gasteiger partial charge in [-0.1, -0.05) is 11.3 Å². The largest absolute Gasteiger partial charge is 0.464 e. The average molecular weight is 320 g/mol. The van der Waals surface area contributed by atoms with Crippen molar-refractivity contribution in [3.63, 3.8) is 0 Å². The van der Waals surface area contributed by atoms with Gasteiger partial charge < -0.3 is 10.1 Å². The van der Waals surface area contributed by atoms with Crippen molar-refractivity contribution in [1.82, 2.24) is 4.98 Å². The Hall–Kier alpha value is -1.48. The van der Waals surface area contributed by atoms with E-state index in [2.05, 4.69) is 15.0 Å². The van der Waals surface area contributed by atoms with E-state index in [0.29, 0.717) is 5.13 Å². The van der Waals surface area contributed by atoms with E-state index >= 15 is 0 Å². The molecule has 1 N–H and O–H groups in total. The molecule has 9 heteroatoms. The molecular weight excluding hydrogens is 304 g/mol. The first-order valence-electron chi connectivity index (χ1n) is 5.68. The highest BCUT2D eigenvalue weighted by atomic mass is 32.2. The SMILES string of the molecule is COC(=O)c1nc(NC(C)CS(C)(=O)=O)sc1C(C)=O. The van der Waals surface area contributed by atoms with E-state index in [1.165, 1.54) is 14.0 Å². The third-order valence-corrected chi connectivity index (χ3v) is 4.44. The molecule has 7 nitrogen and oxygen atoms in total. The highest BCUT2D eigenvalue weighted by molar-refractivity contribution is 7.90. The monoisotopic (exact) mass is 320 g/mol. The molecule has 1 heterocycles. The lowest BCUT2D eigenvalue weighted by molar-refractivity contribution is 0.0591. The number of carbonyl (C=O) groups is 2. The van der Waals surface area contributed by atoms with E-state index in [4.69, 9.17) is 0 Å². The zero-order valence-corrected chi connectivity index (χ0v) is 13.2. The average Bonchev–Trinajstić information content (AvgIpc) is 2.69. The molecular formula is C11H16N2O5S2. The number of Topliss-reactive ketones (excluding diaryl/α,β-unsaturated/α-hetero) is 1. The standard InChI is InChI=1S/C11H16N2O5S2/c1-6(5-20(4,16)17)12-11-13-8(10(15)18-3)9(19-11)7(2)14/h6H,5H2,1-4H3,(H,12,13). The number of sulfone groups is 1. The van der Waals surface area contributed by atoms with Crippen LogP contribution < -0.4 is 5.32 Å². The van der Waals surface area contributed by atoms with Gasteiger partial charge in [0.1, 0.15) is 14.7 Å². The van der Waals surface area contributed by atoms with Gasteiger partial charge in [-0.15, -0.1) is 0 Å². The van der Waals surface area contributed by atoms with Crippen LogP contribution in [0.3, 0.4) is 0 Å². The van der Waals surface area contributed by atoms with Crippen molar-refractivity contribution >= 4 is 38.1 Å². The van der Waals surface area contributed by atoms with Gasteiger partial charge in [0.05, 0.1) is 12.9 Å². The summed E-state index contributed by atoms with van der Waals surface area (Å²) in [4.78, 5) is 27.1. The van der Waals surface area contributed by atoms with Gasteiger partial charge in [-0.2, -0.15) is 0 Å². The molecule has 1 aromatic heterocycles. The highest BCUT2D eigenvalue weighted by Crippen LogP contribution is 2.25. The molecule has 0 aliphatic carbocycles. The molecule has 1 aromatic rings. The van der Waals surface area contributed by atoms with Crippen LogP contribution in [0.15, 0.2) is 0 Å². The predicted octanol–water partition coefficient (Wildman–Crippen LogP) is 0.977. The van der Waals surface area contributed by atoms with Crippen LogP contribution in [-0.4, -0.2) is 50.3 Å². The Morgan fingerprint density at radius 1 is 1.45 bits per heavy atom. The van der Waals surface area contributed by atoms with E-state index in [0.717, 1.165) is 17.6 Å². The number of ether oxygens (including phenoxy) is 1. The zero-order valence-electron chi connectivity index (χ0n) is 11.6. The van der Waals surface area contributed by atoms with Gasteiger partial charge in [-0.25, -0.2) is 18.2 Å². The molecule has 0 fully saturated rings.